The average molecular weight is 375 g/mol. The monoisotopic (exact) mass is 374 g/mol. The number of piperidine rings is 1. The molecule has 3 rings (SSSR count). The number of rotatable bonds is 5. The molecule has 0 aliphatic carbocycles. The maximum Gasteiger partial charge on any atom is 0.317 e. The number of carbonyl (C=O) groups excluding carboxylic acids is 1. The van der Waals surface area contributed by atoms with Crippen LogP contribution in [0.4, 0.5) is 10.6 Å². The maximum atomic E-state index is 12.7. The number of carbonyl (C=O) groups is 1. The van der Waals surface area contributed by atoms with Crippen LogP contribution in [0.3, 0.4) is 0 Å². The molecule has 8 heteroatoms. The number of anilines is 1. The Morgan fingerprint density at radius 2 is 2.38 bits per heavy atom. The Morgan fingerprint density at radius 3 is 3.08 bits per heavy atom. The molecule has 1 aliphatic heterocycles. The highest BCUT2D eigenvalue weighted by Crippen LogP contribution is 2.21. The largest absolute Gasteiger partial charge is 0.353 e. The molecule has 7 nitrogen and oxygen atoms in total. The van der Waals surface area contributed by atoms with E-state index in [1.165, 1.54) is 0 Å². The molecule has 2 amide bonds. The number of aromatic nitrogens is 3. The molecule has 2 aromatic heterocycles. The second kappa shape index (κ2) is 8.44. The Kier molecular flexibility index (Phi) is 6.03. The summed E-state index contributed by atoms with van der Waals surface area (Å²) in [4.78, 5) is 21.3. The van der Waals surface area contributed by atoms with E-state index in [1.54, 1.807) is 17.5 Å². The predicted molar refractivity (Wildman–Crippen MR) is 103 cm³/mol. The molecule has 0 radical (unpaired) electrons. The van der Waals surface area contributed by atoms with Gasteiger partial charge in [-0.25, -0.2) is 9.78 Å². The zero-order chi connectivity index (χ0) is 18.5. The van der Waals surface area contributed by atoms with Crippen molar-refractivity contribution in [2.75, 3.05) is 25.0 Å². The van der Waals surface area contributed by atoms with Gasteiger partial charge in [-0.1, -0.05) is 6.92 Å². The smallest absolute Gasteiger partial charge is 0.317 e. The van der Waals surface area contributed by atoms with Gasteiger partial charge in [-0.2, -0.15) is 5.10 Å². The van der Waals surface area contributed by atoms with Gasteiger partial charge in [-0.15, -0.1) is 16.4 Å². The van der Waals surface area contributed by atoms with Crippen LogP contribution in [0.15, 0.2) is 23.7 Å². The van der Waals surface area contributed by atoms with Crippen LogP contribution >= 0.6 is 11.3 Å². The first-order valence-electron chi connectivity index (χ1n) is 9.08. The van der Waals surface area contributed by atoms with Gasteiger partial charge in [0.05, 0.1) is 22.8 Å². The lowest BCUT2D eigenvalue weighted by Crippen LogP contribution is -2.51. The van der Waals surface area contributed by atoms with Gasteiger partial charge in [-0.05, 0) is 38.3 Å². The van der Waals surface area contributed by atoms with Crippen molar-refractivity contribution in [1.82, 2.24) is 25.4 Å². The molecule has 1 N–H and O–H groups in total. The molecule has 0 spiro atoms. The normalized spacial score (nSPS) is 18.4. The number of amides is 2. The summed E-state index contributed by atoms with van der Waals surface area (Å²) in [6.07, 6.45) is 4.62. The number of nitrogens with zero attached hydrogens (tertiary/aromatic N) is 5. The fourth-order valence-corrected chi connectivity index (χ4v) is 3.99. The number of urea groups is 1. The van der Waals surface area contributed by atoms with Crippen molar-refractivity contribution < 1.29 is 4.79 Å². The lowest BCUT2D eigenvalue weighted by molar-refractivity contribution is 0.179. The van der Waals surface area contributed by atoms with Crippen molar-refractivity contribution in [3.05, 3.63) is 34.4 Å². The average Bonchev–Trinajstić information content (AvgIpc) is 3.17. The molecule has 1 aliphatic rings. The Balaban J connectivity index is 1.58. The number of aryl methyl sites for hydroxylation is 1. The molecule has 0 bridgehead atoms. The first kappa shape index (κ1) is 18.6. The van der Waals surface area contributed by atoms with Gasteiger partial charge in [0.2, 0.25) is 0 Å². The minimum Gasteiger partial charge on any atom is -0.353 e. The number of likely N-dealkylation sites (N-methyl/N-ethyl adjacent to an activating group) is 1. The molecule has 0 aromatic carbocycles. The zero-order valence-electron chi connectivity index (χ0n) is 15.6. The molecular formula is C18H26N6OS. The molecule has 26 heavy (non-hydrogen) atoms. The molecule has 0 saturated carbocycles. The van der Waals surface area contributed by atoms with E-state index in [0.717, 1.165) is 48.9 Å². The second-order valence-corrected chi connectivity index (χ2v) is 7.57. The van der Waals surface area contributed by atoms with Crippen LogP contribution in [0.5, 0.6) is 0 Å². The zero-order valence-corrected chi connectivity index (χ0v) is 16.4. The SMILES string of the molecule is CCc1nc(C(C)NC(=O)N(C)C2CCCN(c3cccnn3)C2)cs1. The number of hydrogen-bond acceptors (Lipinski definition) is 6. The molecule has 2 atom stereocenters. The third-order valence-corrected chi connectivity index (χ3v) is 5.81. The van der Waals surface area contributed by atoms with Crippen LogP contribution in [0, 0.1) is 0 Å². The molecule has 1 fully saturated rings. The summed E-state index contributed by atoms with van der Waals surface area (Å²) >= 11 is 1.64. The fourth-order valence-electron chi connectivity index (χ4n) is 3.15. The minimum absolute atomic E-state index is 0.0606. The summed E-state index contributed by atoms with van der Waals surface area (Å²) in [5.41, 5.74) is 0.929. The van der Waals surface area contributed by atoms with Gasteiger partial charge in [-0.3, -0.25) is 0 Å². The Hall–Kier alpha value is -2.22. The van der Waals surface area contributed by atoms with Crippen molar-refractivity contribution in [3.8, 4) is 0 Å². The van der Waals surface area contributed by atoms with Crippen LogP contribution in [0.2, 0.25) is 0 Å². The van der Waals surface area contributed by atoms with Gasteiger partial charge < -0.3 is 15.1 Å². The van der Waals surface area contributed by atoms with Gasteiger partial charge in [0.25, 0.3) is 0 Å². The third-order valence-electron chi connectivity index (χ3n) is 4.80. The van der Waals surface area contributed by atoms with Crippen LogP contribution < -0.4 is 10.2 Å². The fraction of sp³-hybridized carbons (Fsp3) is 0.556. The minimum atomic E-state index is -0.0961. The highest BCUT2D eigenvalue weighted by atomic mass is 32.1. The summed E-state index contributed by atoms with van der Waals surface area (Å²) < 4.78 is 0. The van der Waals surface area contributed by atoms with E-state index in [4.69, 9.17) is 0 Å². The second-order valence-electron chi connectivity index (χ2n) is 6.63. The molecule has 3 heterocycles. The van der Waals surface area contributed by atoms with Gasteiger partial charge in [0, 0.05) is 31.7 Å². The third kappa shape index (κ3) is 4.30. The summed E-state index contributed by atoms with van der Waals surface area (Å²) in [7, 11) is 1.87. The molecule has 2 aromatic rings. The van der Waals surface area contributed by atoms with Crippen molar-refractivity contribution >= 4 is 23.2 Å². The van der Waals surface area contributed by atoms with E-state index in [0.29, 0.717) is 0 Å². The molecule has 2 unspecified atom stereocenters. The van der Waals surface area contributed by atoms with Gasteiger partial charge >= 0.3 is 6.03 Å². The summed E-state index contributed by atoms with van der Waals surface area (Å²) in [5.74, 6) is 0.869. The van der Waals surface area contributed by atoms with E-state index < -0.39 is 0 Å². The first-order valence-corrected chi connectivity index (χ1v) is 9.96. The van der Waals surface area contributed by atoms with Crippen molar-refractivity contribution in [2.45, 2.75) is 45.2 Å². The lowest BCUT2D eigenvalue weighted by atomic mass is 10.0. The quantitative estimate of drug-likeness (QED) is 0.871. The van der Waals surface area contributed by atoms with Crippen molar-refractivity contribution in [3.63, 3.8) is 0 Å². The van der Waals surface area contributed by atoms with E-state index in [2.05, 4.69) is 32.3 Å². The van der Waals surface area contributed by atoms with Crippen LogP contribution in [-0.4, -0.2) is 52.3 Å². The number of nitrogens with one attached hydrogen (secondary N) is 1. The highest BCUT2D eigenvalue weighted by molar-refractivity contribution is 7.09. The summed E-state index contributed by atoms with van der Waals surface area (Å²) in [6.45, 7) is 5.78. The molecular weight excluding hydrogens is 348 g/mol. The Labute approximate surface area is 158 Å². The highest BCUT2D eigenvalue weighted by Gasteiger charge is 2.27. The standard InChI is InChI=1S/C18H26N6OS/c1-4-17-21-15(12-26-17)13(2)20-18(25)23(3)14-7-6-10-24(11-14)16-8-5-9-19-22-16/h5,8-9,12-14H,4,6-7,10-11H2,1-3H3,(H,20,25). The Morgan fingerprint density at radius 1 is 1.54 bits per heavy atom. The molecule has 140 valence electrons. The van der Waals surface area contributed by atoms with Crippen LogP contribution in [-0.2, 0) is 6.42 Å². The maximum absolute atomic E-state index is 12.7. The van der Waals surface area contributed by atoms with Crippen LogP contribution in [0.25, 0.3) is 0 Å². The van der Waals surface area contributed by atoms with E-state index >= 15 is 0 Å². The van der Waals surface area contributed by atoms with Crippen LogP contribution in [0.1, 0.15) is 43.4 Å². The first-order chi connectivity index (χ1) is 12.6. The predicted octanol–water partition coefficient (Wildman–Crippen LogP) is 2.87. The number of hydrogen-bond donors (Lipinski definition) is 1. The van der Waals surface area contributed by atoms with Crippen molar-refractivity contribution in [2.24, 2.45) is 0 Å². The Bertz CT molecular complexity index is 721. The number of thiazole rings is 1. The van der Waals surface area contributed by atoms with E-state index in [1.807, 2.05) is 36.4 Å². The summed E-state index contributed by atoms with van der Waals surface area (Å²) in [6, 6.07) is 3.85. The topological polar surface area (TPSA) is 74.2 Å². The van der Waals surface area contributed by atoms with E-state index in [9.17, 15) is 4.79 Å². The summed E-state index contributed by atoms with van der Waals surface area (Å²) in [5, 5.41) is 14.3. The van der Waals surface area contributed by atoms with E-state index in [-0.39, 0.29) is 18.1 Å². The van der Waals surface area contributed by atoms with Crippen molar-refractivity contribution in [1.29, 1.82) is 0 Å². The molecule has 1 saturated heterocycles. The van der Waals surface area contributed by atoms with Gasteiger partial charge in [0.1, 0.15) is 0 Å². The lowest BCUT2D eigenvalue weighted by Gasteiger charge is -2.38. The van der Waals surface area contributed by atoms with Gasteiger partial charge in [0.15, 0.2) is 5.82 Å².